The van der Waals surface area contributed by atoms with Crippen LogP contribution in [0, 0.1) is 0 Å². The lowest BCUT2D eigenvalue weighted by Gasteiger charge is -2.04. The van der Waals surface area contributed by atoms with E-state index in [1.807, 2.05) is 48.7 Å². The van der Waals surface area contributed by atoms with Crippen molar-refractivity contribution in [2.45, 2.75) is 6.42 Å². The van der Waals surface area contributed by atoms with Crippen LogP contribution in [0.2, 0.25) is 0 Å². The molecular weight excluding hydrogens is 476 g/mol. The van der Waals surface area contributed by atoms with Crippen LogP contribution in [0.1, 0.15) is 21.5 Å². The summed E-state index contributed by atoms with van der Waals surface area (Å²) in [5, 5.41) is 8.91. The Morgan fingerprint density at radius 2 is 1.74 bits per heavy atom. The highest BCUT2D eigenvalue weighted by Crippen LogP contribution is 2.32. The summed E-state index contributed by atoms with van der Waals surface area (Å²) >= 11 is 0. The van der Waals surface area contributed by atoms with Gasteiger partial charge in [-0.3, -0.25) is 4.79 Å². The number of aromatic nitrogens is 3. The first kappa shape index (κ1) is 23.1. The lowest BCUT2D eigenvalue weighted by molar-refractivity contribution is 0.0992. The number of hydrogen-bond donors (Lipinski definition) is 2. The van der Waals surface area contributed by atoms with Crippen molar-refractivity contribution in [2.24, 2.45) is 10.2 Å². The molecule has 0 aliphatic rings. The van der Waals surface area contributed by atoms with Gasteiger partial charge < -0.3 is 14.7 Å². The Morgan fingerprint density at radius 3 is 2.55 bits per heavy atom. The number of imidazole rings is 1. The molecule has 0 saturated heterocycles. The predicted molar refractivity (Wildman–Crippen MR) is 147 cm³/mol. The first-order valence-corrected chi connectivity index (χ1v) is 12.1. The van der Waals surface area contributed by atoms with Crippen molar-refractivity contribution in [1.29, 1.82) is 0 Å². The van der Waals surface area contributed by atoms with Crippen LogP contribution in [-0.4, -0.2) is 28.0 Å². The first-order chi connectivity index (χ1) is 18.7. The zero-order valence-electron chi connectivity index (χ0n) is 20.6. The maximum Gasteiger partial charge on any atom is 0.360 e. The van der Waals surface area contributed by atoms with Gasteiger partial charge >= 0.3 is 5.91 Å². The van der Waals surface area contributed by atoms with E-state index in [0.29, 0.717) is 11.3 Å². The molecule has 2 N–H and O–H groups in total. The second kappa shape index (κ2) is 9.97. The monoisotopic (exact) mass is 499 g/mol. The number of hydrogen-bond acceptors (Lipinski definition) is 4. The molecule has 184 valence electrons. The molecule has 1 amide bonds. The minimum atomic E-state index is -0.446. The van der Waals surface area contributed by atoms with E-state index in [2.05, 4.69) is 49.4 Å². The van der Waals surface area contributed by atoms with Crippen molar-refractivity contribution < 1.29 is 9.53 Å². The number of fused-ring (bicyclic) bond motifs is 2. The Balaban J connectivity index is 1.31. The molecule has 6 rings (SSSR count). The Hall–Kier alpha value is -5.33. The van der Waals surface area contributed by atoms with E-state index in [4.69, 9.17) is 9.72 Å². The molecule has 4 aromatic carbocycles. The molecule has 0 bridgehead atoms. The molecule has 0 atom stereocenters. The van der Waals surface area contributed by atoms with E-state index in [1.165, 1.54) is 11.1 Å². The van der Waals surface area contributed by atoms with Crippen LogP contribution >= 0.6 is 0 Å². The fraction of sp³-hybridized carbons (Fsp3) is 0.0667. The summed E-state index contributed by atoms with van der Waals surface area (Å²) in [4.78, 5) is 27.5. The molecule has 0 fully saturated rings. The fourth-order valence-electron chi connectivity index (χ4n) is 4.43. The molecule has 0 unspecified atom stereocenters. The number of carbonyl (C=O) groups is 1. The smallest absolute Gasteiger partial charge is 0.360 e. The maximum absolute atomic E-state index is 12.2. The van der Waals surface area contributed by atoms with Crippen LogP contribution in [0.3, 0.4) is 0 Å². The lowest BCUT2D eigenvalue weighted by atomic mass is 10.0. The average Bonchev–Trinajstić information content (AvgIpc) is 3.60. The summed E-state index contributed by atoms with van der Waals surface area (Å²) in [5.41, 5.74) is 6.97. The number of ether oxygens (including phenoxy) is 1. The summed E-state index contributed by atoms with van der Waals surface area (Å²) < 4.78 is 5.26. The molecule has 8 heteroatoms. The van der Waals surface area contributed by atoms with Gasteiger partial charge in [-0.2, -0.15) is 0 Å². The molecule has 8 nitrogen and oxygen atoms in total. The third-order valence-electron chi connectivity index (χ3n) is 6.34. The number of H-pyrrole nitrogens is 2. The van der Waals surface area contributed by atoms with Crippen molar-refractivity contribution in [3.63, 3.8) is 0 Å². The molecule has 0 saturated carbocycles. The molecule has 2 heterocycles. The van der Waals surface area contributed by atoms with Gasteiger partial charge in [-0.1, -0.05) is 36.4 Å². The van der Waals surface area contributed by atoms with Crippen molar-refractivity contribution >= 4 is 33.5 Å². The number of rotatable bonds is 6. The predicted octanol–water partition coefficient (Wildman–Crippen LogP) is 6.75. The first-order valence-electron chi connectivity index (χ1n) is 12.1. The van der Waals surface area contributed by atoms with Crippen LogP contribution in [0.4, 0.5) is 5.69 Å². The maximum atomic E-state index is 12.2. The SMILES string of the molecule is COc1ccc(Cc2ccc3nc(-c4cc(N=[N+]=NC(=O)c5ccccc5)cc5[nH]ccc45)[nH]c3c2)cc1. The highest BCUT2D eigenvalue weighted by Gasteiger charge is 2.14. The third kappa shape index (κ3) is 4.72. The summed E-state index contributed by atoms with van der Waals surface area (Å²) in [6.07, 6.45) is 2.67. The van der Waals surface area contributed by atoms with Crippen molar-refractivity contribution in [2.75, 3.05) is 7.11 Å². The zero-order valence-corrected chi connectivity index (χ0v) is 20.6. The highest BCUT2D eigenvalue weighted by molar-refractivity contribution is 5.97. The normalized spacial score (nSPS) is 10.9. The van der Waals surface area contributed by atoms with Gasteiger partial charge in [0.2, 0.25) is 10.0 Å². The van der Waals surface area contributed by atoms with Crippen LogP contribution in [0.25, 0.3) is 33.3 Å². The van der Waals surface area contributed by atoms with Gasteiger partial charge in [0.15, 0.2) is 10.8 Å². The van der Waals surface area contributed by atoms with E-state index < -0.39 is 5.91 Å². The number of amides is 1. The van der Waals surface area contributed by atoms with Gasteiger partial charge in [0, 0.05) is 28.2 Å². The molecule has 38 heavy (non-hydrogen) atoms. The fourth-order valence-corrected chi connectivity index (χ4v) is 4.43. The standard InChI is InChI=1S/C30H22N6O2/c1-38-23-10-7-19(8-11-23)15-20-9-12-26-28(16-20)33-29(32-26)25-17-22(18-27-24(25)13-14-31-27)34-36-35-30(37)21-5-3-2-4-6-21/h2-14,16-18H,15H2,1H3,(H,32,33,34,35,37)/p+1. The zero-order chi connectivity index (χ0) is 25.9. The van der Waals surface area contributed by atoms with Crippen molar-refractivity contribution in [3.8, 4) is 17.1 Å². The molecular formula is C30H23N6O2+. The summed E-state index contributed by atoms with van der Waals surface area (Å²) in [6, 6.07) is 28.9. The Bertz CT molecular complexity index is 1830. The topological polar surface area (TPSA) is 110 Å². The summed E-state index contributed by atoms with van der Waals surface area (Å²) in [7, 11) is 1.67. The van der Waals surface area contributed by atoms with Gasteiger partial charge in [-0.05, 0) is 72.1 Å². The van der Waals surface area contributed by atoms with Gasteiger partial charge in [0.1, 0.15) is 11.6 Å². The number of benzene rings is 4. The van der Waals surface area contributed by atoms with Crippen LogP contribution in [-0.2, 0) is 6.42 Å². The Morgan fingerprint density at radius 1 is 0.921 bits per heavy atom. The van der Waals surface area contributed by atoms with E-state index in [-0.39, 0.29) is 0 Å². The molecule has 0 radical (unpaired) electrons. The Kier molecular flexibility index (Phi) is 6.06. The van der Waals surface area contributed by atoms with Crippen LogP contribution in [0.15, 0.2) is 107 Å². The van der Waals surface area contributed by atoms with Gasteiger partial charge in [0.25, 0.3) is 0 Å². The number of nitrogens with zero attached hydrogens (tertiary/aromatic N) is 4. The largest absolute Gasteiger partial charge is 0.497 e. The minimum absolute atomic E-state index is 0.446. The van der Waals surface area contributed by atoms with E-state index in [1.54, 1.807) is 31.4 Å². The van der Waals surface area contributed by atoms with E-state index in [9.17, 15) is 4.79 Å². The number of nitrogens with one attached hydrogen (secondary N) is 2. The minimum Gasteiger partial charge on any atom is -0.497 e. The van der Waals surface area contributed by atoms with Crippen molar-refractivity contribution in [3.05, 3.63) is 114 Å². The molecule has 0 aliphatic carbocycles. The molecule has 6 aromatic rings. The number of carbonyl (C=O) groups excluding carboxylic acids is 1. The second-order valence-corrected chi connectivity index (χ2v) is 8.85. The summed E-state index contributed by atoms with van der Waals surface area (Å²) in [5.74, 6) is 1.12. The van der Waals surface area contributed by atoms with Gasteiger partial charge in [-0.25, -0.2) is 4.98 Å². The highest BCUT2D eigenvalue weighted by atomic mass is 16.5. The summed E-state index contributed by atoms with van der Waals surface area (Å²) in [6.45, 7) is 0. The van der Waals surface area contributed by atoms with E-state index >= 15 is 0 Å². The van der Waals surface area contributed by atoms with Crippen LogP contribution < -0.4 is 9.65 Å². The van der Waals surface area contributed by atoms with Gasteiger partial charge in [-0.15, -0.1) is 0 Å². The third-order valence-corrected chi connectivity index (χ3v) is 6.34. The van der Waals surface area contributed by atoms with E-state index in [0.717, 1.165) is 45.5 Å². The average molecular weight is 500 g/mol. The quantitative estimate of drug-likeness (QED) is 0.195. The van der Waals surface area contributed by atoms with Crippen LogP contribution in [0.5, 0.6) is 5.75 Å². The number of aromatic amines is 2. The molecule has 0 spiro atoms. The van der Waals surface area contributed by atoms with Gasteiger partial charge in [0.05, 0.1) is 18.1 Å². The molecule has 0 aliphatic heterocycles. The molecule has 2 aromatic heterocycles. The number of methoxy groups -OCH3 is 1. The second-order valence-electron chi connectivity index (χ2n) is 8.85. The van der Waals surface area contributed by atoms with Crippen molar-refractivity contribution in [1.82, 2.24) is 19.9 Å². The lowest BCUT2D eigenvalue weighted by Crippen LogP contribution is -1.93. The Labute approximate surface area is 217 Å².